The summed E-state index contributed by atoms with van der Waals surface area (Å²) >= 11 is -1.43. The lowest BCUT2D eigenvalue weighted by Gasteiger charge is -2.09. The van der Waals surface area contributed by atoms with Crippen molar-refractivity contribution in [1.82, 2.24) is 19.8 Å². The first-order valence-electron chi connectivity index (χ1n) is 8.66. The van der Waals surface area contributed by atoms with E-state index in [0.29, 0.717) is 41.6 Å². The monoisotopic (exact) mass is 448 g/mol. The predicted molar refractivity (Wildman–Crippen MR) is 101 cm³/mol. The average molecular weight is 448 g/mol. The molecule has 1 amide bonds. The fourth-order valence-electron chi connectivity index (χ4n) is 2.40. The molecule has 1 fully saturated rings. The van der Waals surface area contributed by atoms with Gasteiger partial charge >= 0.3 is 11.7 Å². The predicted octanol–water partition coefficient (Wildman–Crippen LogP) is 2.35. The van der Waals surface area contributed by atoms with E-state index in [-0.39, 0.29) is 16.1 Å². The van der Waals surface area contributed by atoms with E-state index in [4.69, 9.17) is 9.02 Å². The van der Waals surface area contributed by atoms with Crippen LogP contribution in [0.5, 0.6) is 5.75 Å². The lowest BCUT2D eigenvalue weighted by Crippen LogP contribution is -2.38. The molecule has 0 radical (unpaired) electrons. The van der Waals surface area contributed by atoms with Crippen molar-refractivity contribution in [3.63, 3.8) is 0 Å². The second-order valence-corrected chi connectivity index (χ2v) is 7.95. The van der Waals surface area contributed by atoms with Crippen molar-refractivity contribution in [1.29, 1.82) is 0 Å². The quantitative estimate of drug-likeness (QED) is 0.464. The van der Waals surface area contributed by atoms with Crippen LogP contribution in [0.15, 0.2) is 39.1 Å². The van der Waals surface area contributed by atoms with E-state index in [1.165, 1.54) is 10.6 Å². The molecule has 1 unspecified atom stereocenters. The van der Waals surface area contributed by atoms with E-state index in [2.05, 4.69) is 5.10 Å². The molecule has 2 aromatic rings. The van der Waals surface area contributed by atoms with Gasteiger partial charge in [0.2, 0.25) is 17.5 Å². The number of amides is 1. The van der Waals surface area contributed by atoms with Gasteiger partial charge in [-0.15, -0.1) is 9.78 Å². The first-order valence-corrected chi connectivity index (χ1v) is 10.7. The van der Waals surface area contributed by atoms with Crippen LogP contribution < -0.4 is 15.9 Å². The second kappa shape index (κ2) is 9.50. The summed E-state index contributed by atoms with van der Waals surface area (Å²) in [6.07, 6.45) is -1.19. The molecule has 1 saturated carbocycles. The SMILES string of the molecule is CCOc1ccccc1S(=O)ONC(=O)n1nc(SCC(F)F)n(C2CC2)c1=O. The molecular weight excluding hydrogens is 430 g/mol. The van der Waals surface area contributed by atoms with Crippen molar-refractivity contribution in [2.75, 3.05) is 12.4 Å². The number of hydrogen-bond donors (Lipinski definition) is 1. The Labute approximate surface area is 171 Å². The minimum atomic E-state index is -2.59. The first-order chi connectivity index (χ1) is 13.9. The third-order valence-corrected chi connectivity index (χ3v) is 5.64. The number of rotatable bonds is 9. The Hall–Kier alpha value is -2.25. The van der Waals surface area contributed by atoms with Gasteiger partial charge in [0.05, 0.1) is 12.4 Å². The lowest BCUT2D eigenvalue weighted by atomic mass is 10.3. The van der Waals surface area contributed by atoms with Gasteiger partial charge in [-0.05, 0) is 31.9 Å². The fourth-order valence-corrected chi connectivity index (χ4v) is 3.90. The number of hydroxylamine groups is 1. The van der Waals surface area contributed by atoms with E-state index in [1.807, 2.05) is 5.48 Å². The van der Waals surface area contributed by atoms with Crippen LogP contribution in [0.1, 0.15) is 25.8 Å². The zero-order valence-electron chi connectivity index (χ0n) is 15.2. The zero-order chi connectivity index (χ0) is 21.0. The highest BCUT2D eigenvalue weighted by atomic mass is 32.2. The van der Waals surface area contributed by atoms with Gasteiger partial charge in [-0.2, -0.15) is 9.76 Å². The van der Waals surface area contributed by atoms with E-state index in [1.54, 1.807) is 25.1 Å². The van der Waals surface area contributed by atoms with Crippen molar-refractivity contribution >= 4 is 28.9 Å². The third kappa shape index (κ3) is 5.22. The maximum atomic E-state index is 12.5. The summed E-state index contributed by atoms with van der Waals surface area (Å²) < 4.78 is 49.2. The summed E-state index contributed by atoms with van der Waals surface area (Å²) in [5, 5.41) is 3.85. The fraction of sp³-hybridized carbons (Fsp3) is 0.438. The molecule has 3 rings (SSSR count). The zero-order valence-corrected chi connectivity index (χ0v) is 16.9. The number of para-hydroxylation sites is 1. The second-order valence-electron chi connectivity index (χ2n) is 5.89. The van der Waals surface area contributed by atoms with Crippen LogP contribution in [0, 0.1) is 0 Å². The first kappa shape index (κ1) is 21.5. The van der Waals surface area contributed by atoms with Crippen molar-refractivity contribution < 1.29 is 26.8 Å². The average Bonchev–Trinajstić information content (AvgIpc) is 3.48. The largest absolute Gasteiger partial charge is 0.493 e. The lowest BCUT2D eigenvalue weighted by molar-refractivity contribution is 0.176. The van der Waals surface area contributed by atoms with Crippen molar-refractivity contribution in [2.45, 2.75) is 42.3 Å². The molecule has 29 heavy (non-hydrogen) atoms. The summed E-state index contributed by atoms with van der Waals surface area (Å²) in [7, 11) is 0. The third-order valence-electron chi connectivity index (χ3n) is 3.75. The summed E-state index contributed by atoms with van der Waals surface area (Å²) in [6, 6.07) is 5.14. The van der Waals surface area contributed by atoms with Crippen LogP contribution in [0.2, 0.25) is 0 Å². The minimum Gasteiger partial charge on any atom is -0.493 e. The van der Waals surface area contributed by atoms with E-state index < -0.39 is 35.0 Å². The Balaban J connectivity index is 1.72. The standard InChI is InChI=1S/C16H18F2N4O5S2/c1-2-26-11-5-3-4-6-12(11)29(25)27-20-14(23)22-16(24)21(10-7-8-10)15(19-22)28-9-13(17)18/h3-6,10,13H,2,7-9H2,1H3,(H,20,23). The van der Waals surface area contributed by atoms with Gasteiger partial charge in [-0.1, -0.05) is 23.9 Å². The smallest absolute Gasteiger partial charge is 0.371 e. The van der Waals surface area contributed by atoms with Crippen LogP contribution in [0.3, 0.4) is 0 Å². The number of aromatic nitrogens is 3. The van der Waals surface area contributed by atoms with Gasteiger partial charge in [-0.3, -0.25) is 4.57 Å². The maximum Gasteiger partial charge on any atom is 0.371 e. The number of alkyl halides is 2. The van der Waals surface area contributed by atoms with E-state index in [0.717, 1.165) is 0 Å². The molecule has 13 heteroatoms. The number of hydrogen-bond acceptors (Lipinski definition) is 7. The van der Waals surface area contributed by atoms with Crippen molar-refractivity contribution in [2.24, 2.45) is 0 Å². The highest BCUT2D eigenvalue weighted by Gasteiger charge is 2.32. The summed E-state index contributed by atoms with van der Waals surface area (Å²) in [5.41, 5.74) is 1.13. The van der Waals surface area contributed by atoms with Crippen LogP contribution in [0.25, 0.3) is 0 Å². The Morgan fingerprint density at radius 2 is 2.14 bits per heavy atom. The molecule has 1 aromatic heterocycles. The Morgan fingerprint density at radius 1 is 1.41 bits per heavy atom. The number of nitrogens with zero attached hydrogens (tertiary/aromatic N) is 3. The van der Waals surface area contributed by atoms with Crippen LogP contribution >= 0.6 is 11.8 Å². The molecule has 1 aromatic carbocycles. The molecule has 158 valence electrons. The van der Waals surface area contributed by atoms with E-state index in [9.17, 15) is 22.6 Å². The van der Waals surface area contributed by atoms with Gasteiger partial charge in [0.15, 0.2) is 5.16 Å². The number of benzene rings is 1. The number of halogens is 2. The number of nitrogens with one attached hydrogen (secondary N) is 1. The van der Waals surface area contributed by atoms with Crippen molar-refractivity contribution in [3.8, 4) is 5.75 Å². The molecule has 0 spiro atoms. The molecule has 9 nitrogen and oxygen atoms in total. The summed E-state index contributed by atoms with van der Waals surface area (Å²) in [4.78, 5) is 24.9. The highest BCUT2D eigenvalue weighted by molar-refractivity contribution is 7.99. The maximum absolute atomic E-state index is 12.5. The number of carbonyl (C=O) groups excluding carboxylic acids is 1. The molecule has 0 bridgehead atoms. The molecule has 1 N–H and O–H groups in total. The summed E-state index contributed by atoms with van der Waals surface area (Å²) in [5.74, 6) is -0.233. The Morgan fingerprint density at radius 3 is 2.79 bits per heavy atom. The molecule has 1 atom stereocenters. The number of thioether (sulfide) groups is 1. The number of carbonyl (C=O) groups is 1. The summed E-state index contributed by atoms with van der Waals surface area (Å²) in [6.45, 7) is 2.10. The van der Waals surface area contributed by atoms with Crippen LogP contribution in [-0.2, 0) is 15.4 Å². The van der Waals surface area contributed by atoms with Gasteiger partial charge in [0, 0.05) is 6.04 Å². The minimum absolute atomic E-state index is 0.0239. The molecule has 1 heterocycles. The molecular formula is C16H18F2N4O5S2. The Bertz CT molecular complexity index is 961. The number of ether oxygens (including phenoxy) is 1. The van der Waals surface area contributed by atoms with E-state index >= 15 is 0 Å². The Kier molecular flexibility index (Phi) is 7.03. The molecule has 1 aliphatic rings. The normalized spacial score (nSPS) is 14.8. The molecule has 0 aliphatic heterocycles. The van der Waals surface area contributed by atoms with Crippen molar-refractivity contribution in [3.05, 3.63) is 34.7 Å². The van der Waals surface area contributed by atoms with Gasteiger partial charge in [-0.25, -0.2) is 22.6 Å². The van der Waals surface area contributed by atoms with Crippen LogP contribution in [-0.4, -0.2) is 43.4 Å². The van der Waals surface area contributed by atoms with Crippen LogP contribution in [0.4, 0.5) is 13.6 Å². The molecule has 0 saturated heterocycles. The topological polar surface area (TPSA) is 104 Å². The molecule has 1 aliphatic carbocycles. The van der Waals surface area contributed by atoms with Gasteiger partial charge in [0.25, 0.3) is 0 Å². The van der Waals surface area contributed by atoms with Gasteiger partial charge < -0.3 is 4.74 Å². The highest BCUT2D eigenvalue weighted by Crippen LogP contribution is 2.36. The van der Waals surface area contributed by atoms with Gasteiger partial charge in [0.1, 0.15) is 10.6 Å².